The Morgan fingerprint density at radius 1 is 1.50 bits per heavy atom. The van der Waals surface area contributed by atoms with Crippen molar-refractivity contribution in [2.24, 2.45) is 0 Å². The van der Waals surface area contributed by atoms with Gasteiger partial charge in [0.15, 0.2) is 0 Å². The Balaban J connectivity index is 2.42. The standard InChI is InChI=1S/C12H19NO/c1-11(2)12(3,14)7-6-10-13-8-4-5-9-13/h14H,1,4-5,8-10H2,2-3H3/p+1. The molecule has 0 saturated carbocycles. The zero-order chi connectivity index (χ0) is 10.6. The molecular weight excluding hydrogens is 174 g/mol. The van der Waals surface area contributed by atoms with Gasteiger partial charge in [0.25, 0.3) is 0 Å². The lowest BCUT2D eigenvalue weighted by Crippen LogP contribution is -3.09. The molecule has 2 heteroatoms. The molecule has 1 unspecified atom stereocenters. The normalized spacial score (nSPS) is 21.1. The Hall–Kier alpha value is -0.780. The molecule has 0 bridgehead atoms. The van der Waals surface area contributed by atoms with E-state index in [0.717, 1.165) is 6.54 Å². The smallest absolute Gasteiger partial charge is 0.143 e. The van der Waals surface area contributed by atoms with Gasteiger partial charge < -0.3 is 10.0 Å². The summed E-state index contributed by atoms with van der Waals surface area (Å²) in [4.78, 5) is 1.54. The van der Waals surface area contributed by atoms with Crippen molar-refractivity contribution in [1.82, 2.24) is 0 Å². The molecule has 0 aromatic heterocycles. The van der Waals surface area contributed by atoms with Crippen LogP contribution in [0.1, 0.15) is 26.7 Å². The summed E-state index contributed by atoms with van der Waals surface area (Å²) in [6.45, 7) is 10.5. The first-order chi connectivity index (χ1) is 6.52. The number of rotatable bonds is 2. The Kier molecular flexibility index (Phi) is 3.74. The molecule has 0 radical (unpaired) electrons. The number of quaternary nitrogens is 1. The minimum atomic E-state index is -1.01. The fraction of sp³-hybridized carbons (Fsp3) is 0.667. The van der Waals surface area contributed by atoms with E-state index in [1.165, 1.54) is 30.8 Å². The van der Waals surface area contributed by atoms with Crippen LogP contribution in [-0.4, -0.2) is 30.3 Å². The van der Waals surface area contributed by atoms with Gasteiger partial charge in [-0.3, -0.25) is 0 Å². The highest BCUT2D eigenvalue weighted by Gasteiger charge is 2.18. The first-order valence-corrected chi connectivity index (χ1v) is 5.24. The number of nitrogens with one attached hydrogen (secondary N) is 1. The highest BCUT2D eigenvalue weighted by molar-refractivity contribution is 5.25. The summed E-state index contributed by atoms with van der Waals surface area (Å²) in [7, 11) is 0. The zero-order valence-electron chi connectivity index (χ0n) is 9.19. The van der Waals surface area contributed by atoms with Gasteiger partial charge in [-0.25, -0.2) is 0 Å². The molecular formula is C12H20NO+. The lowest BCUT2D eigenvalue weighted by molar-refractivity contribution is -0.879. The topological polar surface area (TPSA) is 24.7 Å². The average molecular weight is 194 g/mol. The molecule has 1 heterocycles. The van der Waals surface area contributed by atoms with Crippen molar-refractivity contribution in [1.29, 1.82) is 0 Å². The van der Waals surface area contributed by atoms with Crippen LogP contribution in [0.15, 0.2) is 12.2 Å². The molecule has 1 rings (SSSR count). The Bertz CT molecular complexity index is 264. The van der Waals surface area contributed by atoms with Crippen LogP contribution in [0.5, 0.6) is 0 Å². The second-order valence-electron chi connectivity index (χ2n) is 4.29. The van der Waals surface area contributed by atoms with Gasteiger partial charge in [0.1, 0.15) is 12.1 Å². The number of hydrogen-bond acceptors (Lipinski definition) is 1. The predicted octanol–water partition coefficient (Wildman–Crippen LogP) is -0.00440. The molecule has 0 aliphatic carbocycles. The fourth-order valence-corrected chi connectivity index (χ4v) is 1.50. The lowest BCUT2D eigenvalue weighted by atomic mass is 10.00. The van der Waals surface area contributed by atoms with Crippen molar-refractivity contribution in [2.45, 2.75) is 32.3 Å². The fourth-order valence-electron chi connectivity index (χ4n) is 1.50. The SMILES string of the molecule is C=C(C)C(C)(O)C#CC[NH+]1CCCC1. The first-order valence-electron chi connectivity index (χ1n) is 5.24. The minimum absolute atomic E-state index is 0.710. The van der Waals surface area contributed by atoms with E-state index < -0.39 is 5.60 Å². The molecule has 1 fully saturated rings. The summed E-state index contributed by atoms with van der Waals surface area (Å²) >= 11 is 0. The molecule has 1 atom stereocenters. The quantitative estimate of drug-likeness (QED) is 0.469. The highest BCUT2D eigenvalue weighted by atomic mass is 16.3. The monoisotopic (exact) mass is 194 g/mol. The summed E-state index contributed by atoms with van der Waals surface area (Å²) in [5, 5.41) is 9.78. The third-order valence-corrected chi connectivity index (χ3v) is 2.81. The minimum Gasteiger partial charge on any atom is -0.374 e. The summed E-state index contributed by atoms with van der Waals surface area (Å²) in [6.07, 6.45) is 2.63. The van der Waals surface area contributed by atoms with Gasteiger partial charge in [-0.05, 0) is 25.3 Å². The second kappa shape index (κ2) is 4.63. The van der Waals surface area contributed by atoms with Crippen LogP contribution in [0.4, 0.5) is 0 Å². The van der Waals surface area contributed by atoms with Gasteiger partial charge in [-0.1, -0.05) is 12.5 Å². The maximum atomic E-state index is 9.78. The van der Waals surface area contributed by atoms with Gasteiger partial charge in [-0.15, -0.1) is 0 Å². The van der Waals surface area contributed by atoms with Crippen molar-refractivity contribution in [3.05, 3.63) is 12.2 Å². The maximum absolute atomic E-state index is 9.78. The summed E-state index contributed by atoms with van der Waals surface area (Å²) in [5.41, 5.74) is -0.305. The van der Waals surface area contributed by atoms with Crippen LogP contribution in [-0.2, 0) is 0 Å². The molecule has 0 amide bonds. The van der Waals surface area contributed by atoms with Crippen LogP contribution >= 0.6 is 0 Å². The van der Waals surface area contributed by atoms with Crippen molar-refractivity contribution < 1.29 is 10.0 Å². The van der Waals surface area contributed by atoms with Gasteiger partial charge >= 0.3 is 0 Å². The van der Waals surface area contributed by atoms with E-state index in [2.05, 4.69) is 18.4 Å². The van der Waals surface area contributed by atoms with Gasteiger partial charge in [-0.2, -0.15) is 0 Å². The predicted molar refractivity (Wildman–Crippen MR) is 58.0 cm³/mol. The molecule has 14 heavy (non-hydrogen) atoms. The Labute approximate surface area is 86.6 Å². The van der Waals surface area contributed by atoms with Gasteiger partial charge in [0.2, 0.25) is 0 Å². The van der Waals surface area contributed by atoms with Crippen molar-refractivity contribution in [2.75, 3.05) is 19.6 Å². The van der Waals surface area contributed by atoms with Crippen LogP contribution in [0.3, 0.4) is 0 Å². The van der Waals surface area contributed by atoms with E-state index in [1.54, 1.807) is 13.8 Å². The first kappa shape index (κ1) is 11.3. The Morgan fingerprint density at radius 2 is 2.07 bits per heavy atom. The second-order valence-corrected chi connectivity index (χ2v) is 4.29. The van der Waals surface area contributed by atoms with E-state index in [4.69, 9.17) is 0 Å². The number of likely N-dealkylation sites (tertiary alicyclic amines) is 1. The average Bonchev–Trinajstić information content (AvgIpc) is 2.56. The molecule has 2 nitrogen and oxygen atoms in total. The molecule has 2 N–H and O–H groups in total. The van der Waals surface area contributed by atoms with E-state index in [-0.39, 0.29) is 0 Å². The maximum Gasteiger partial charge on any atom is 0.143 e. The van der Waals surface area contributed by atoms with Crippen molar-refractivity contribution >= 4 is 0 Å². The van der Waals surface area contributed by atoms with E-state index >= 15 is 0 Å². The van der Waals surface area contributed by atoms with E-state index in [0.29, 0.717) is 5.57 Å². The molecule has 1 aliphatic heterocycles. The van der Waals surface area contributed by atoms with Crippen molar-refractivity contribution in [3.63, 3.8) is 0 Å². The molecule has 0 aromatic rings. The largest absolute Gasteiger partial charge is 0.374 e. The summed E-state index contributed by atoms with van der Waals surface area (Å²) in [5.74, 6) is 5.92. The van der Waals surface area contributed by atoms with Crippen LogP contribution in [0, 0.1) is 11.8 Å². The number of hydrogen-bond donors (Lipinski definition) is 2. The highest BCUT2D eigenvalue weighted by Crippen LogP contribution is 2.11. The molecule has 0 spiro atoms. The number of aliphatic hydroxyl groups is 1. The third kappa shape index (κ3) is 3.17. The lowest BCUT2D eigenvalue weighted by Gasteiger charge is -2.15. The summed E-state index contributed by atoms with van der Waals surface area (Å²) < 4.78 is 0. The van der Waals surface area contributed by atoms with Gasteiger partial charge in [0, 0.05) is 12.8 Å². The van der Waals surface area contributed by atoms with Gasteiger partial charge in [0.05, 0.1) is 13.1 Å². The molecule has 78 valence electrons. The van der Waals surface area contributed by atoms with Crippen LogP contribution < -0.4 is 4.90 Å². The Morgan fingerprint density at radius 3 is 2.57 bits per heavy atom. The summed E-state index contributed by atoms with van der Waals surface area (Å²) in [6, 6.07) is 0. The van der Waals surface area contributed by atoms with E-state index in [9.17, 15) is 5.11 Å². The van der Waals surface area contributed by atoms with Crippen LogP contribution in [0.2, 0.25) is 0 Å². The third-order valence-electron chi connectivity index (χ3n) is 2.81. The molecule has 0 aromatic carbocycles. The molecule has 1 aliphatic rings. The van der Waals surface area contributed by atoms with E-state index in [1.807, 2.05) is 0 Å². The van der Waals surface area contributed by atoms with Crippen LogP contribution in [0.25, 0.3) is 0 Å². The zero-order valence-corrected chi connectivity index (χ0v) is 9.19. The molecule has 1 saturated heterocycles. The van der Waals surface area contributed by atoms with Crippen molar-refractivity contribution in [3.8, 4) is 11.8 Å².